The molecule has 0 unspecified atom stereocenters. The number of nitrogens with zero attached hydrogens (tertiary/aromatic N) is 1. The predicted molar refractivity (Wildman–Crippen MR) is 78.3 cm³/mol. The number of hydrogen-bond donors (Lipinski definition) is 2. The highest BCUT2D eigenvalue weighted by Gasteiger charge is 2.32. The van der Waals surface area contributed by atoms with E-state index in [1.54, 1.807) is 19.1 Å². The molecule has 0 saturated heterocycles. The maximum absolute atomic E-state index is 11.9. The monoisotopic (exact) mass is 309 g/mol. The largest absolute Gasteiger partial charge is 0.476 e. The standard InChI is InChI=1S/C14H19N3O5/c1-5-22-12-9(7-6-8-15-12)16-10(18)11(19)17-14(2,3)13(20)21-4/h6-8H,5H2,1-4H3,(H,16,18)(H,17,19). The van der Waals surface area contributed by atoms with Crippen LogP contribution in [0.2, 0.25) is 0 Å². The summed E-state index contributed by atoms with van der Waals surface area (Å²) >= 11 is 0. The summed E-state index contributed by atoms with van der Waals surface area (Å²) in [4.78, 5) is 39.2. The molecule has 0 bridgehead atoms. The number of carbonyl (C=O) groups is 3. The number of pyridine rings is 1. The van der Waals surface area contributed by atoms with Crippen LogP contribution in [0.25, 0.3) is 0 Å². The second-order valence-electron chi connectivity index (χ2n) is 4.81. The van der Waals surface area contributed by atoms with Crippen molar-refractivity contribution in [2.45, 2.75) is 26.3 Å². The summed E-state index contributed by atoms with van der Waals surface area (Å²) in [5.41, 5.74) is -1.05. The van der Waals surface area contributed by atoms with Gasteiger partial charge in [0.2, 0.25) is 5.88 Å². The summed E-state index contributed by atoms with van der Waals surface area (Å²) in [5, 5.41) is 4.68. The van der Waals surface area contributed by atoms with E-state index in [2.05, 4.69) is 20.4 Å². The average Bonchev–Trinajstić information content (AvgIpc) is 2.48. The SMILES string of the molecule is CCOc1ncccc1NC(=O)C(=O)NC(C)(C)C(=O)OC. The smallest absolute Gasteiger partial charge is 0.330 e. The first kappa shape index (κ1) is 17.4. The Morgan fingerprint density at radius 3 is 2.55 bits per heavy atom. The third kappa shape index (κ3) is 4.44. The molecule has 0 spiro atoms. The van der Waals surface area contributed by atoms with Crippen molar-refractivity contribution in [3.63, 3.8) is 0 Å². The van der Waals surface area contributed by atoms with Crippen molar-refractivity contribution in [3.05, 3.63) is 18.3 Å². The summed E-state index contributed by atoms with van der Waals surface area (Å²) in [6, 6.07) is 3.14. The summed E-state index contributed by atoms with van der Waals surface area (Å²) in [5.74, 6) is -2.36. The van der Waals surface area contributed by atoms with Gasteiger partial charge in [0.25, 0.3) is 0 Å². The van der Waals surface area contributed by atoms with Crippen molar-refractivity contribution < 1.29 is 23.9 Å². The molecule has 0 aliphatic rings. The van der Waals surface area contributed by atoms with Gasteiger partial charge in [0.05, 0.1) is 13.7 Å². The Labute approximate surface area is 128 Å². The van der Waals surface area contributed by atoms with E-state index >= 15 is 0 Å². The molecular weight excluding hydrogens is 290 g/mol. The van der Waals surface area contributed by atoms with Crippen molar-refractivity contribution in [1.82, 2.24) is 10.3 Å². The number of methoxy groups -OCH3 is 1. The van der Waals surface area contributed by atoms with E-state index in [0.29, 0.717) is 6.61 Å². The van der Waals surface area contributed by atoms with E-state index in [1.165, 1.54) is 27.2 Å². The molecule has 22 heavy (non-hydrogen) atoms. The van der Waals surface area contributed by atoms with Crippen LogP contribution in [0.4, 0.5) is 5.69 Å². The van der Waals surface area contributed by atoms with Gasteiger partial charge in [-0.15, -0.1) is 0 Å². The van der Waals surface area contributed by atoms with Gasteiger partial charge in [0.15, 0.2) is 0 Å². The molecule has 0 atom stereocenters. The van der Waals surface area contributed by atoms with Crippen molar-refractivity contribution in [2.75, 3.05) is 19.0 Å². The van der Waals surface area contributed by atoms with Gasteiger partial charge in [-0.1, -0.05) is 0 Å². The first-order valence-electron chi connectivity index (χ1n) is 6.61. The van der Waals surface area contributed by atoms with E-state index in [1.807, 2.05) is 0 Å². The number of esters is 1. The van der Waals surface area contributed by atoms with Crippen LogP contribution in [-0.4, -0.2) is 42.0 Å². The highest BCUT2D eigenvalue weighted by atomic mass is 16.5. The average molecular weight is 309 g/mol. The fourth-order valence-corrected chi connectivity index (χ4v) is 1.56. The molecule has 0 aliphatic carbocycles. The van der Waals surface area contributed by atoms with Gasteiger partial charge in [-0.25, -0.2) is 9.78 Å². The van der Waals surface area contributed by atoms with Gasteiger partial charge in [-0.3, -0.25) is 9.59 Å². The molecule has 120 valence electrons. The topological polar surface area (TPSA) is 107 Å². The van der Waals surface area contributed by atoms with Crippen molar-refractivity contribution in [3.8, 4) is 5.88 Å². The highest BCUT2D eigenvalue weighted by molar-refractivity contribution is 6.40. The molecule has 2 N–H and O–H groups in total. The lowest BCUT2D eigenvalue weighted by atomic mass is 10.1. The van der Waals surface area contributed by atoms with Crippen molar-refractivity contribution in [1.29, 1.82) is 0 Å². The second-order valence-corrected chi connectivity index (χ2v) is 4.81. The Bertz CT molecular complexity index is 571. The van der Waals surface area contributed by atoms with Gasteiger partial charge >= 0.3 is 17.8 Å². The predicted octanol–water partition coefficient (Wildman–Crippen LogP) is 0.487. The Balaban J connectivity index is 2.77. The molecule has 0 radical (unpaired) electrons. The van der Waals surface area contributed by atoms with E-state index in [4.69, 9.17) is 4.74 Å². The maximum Gasteiger partial charge on any atom is 0.330 e. The van der Waals surface area contributed by atoms with Gasteiger partial charge < -0.3 is 20.1 Å². The van der Waals surface area contributed by atoms with Crippen LogP contribution in [0.5, 0.6) is 5.88 Å². The Hall–Kier alpha value is -2.64. The molecule has 0 saturated carbocycles. The minimum absolute atomic E-state index is 0.207. The van der Waals surface area contributed by atoms with Crippen LogP contribution in [-0.2, 0) is 19.1 Å². The van der Waals surface area contributed by atoms with Crippen molar-refractivity contribution >= 4 is 23.5 Å². The summed E-state index contributed by atoms with van der Waals surface area (Å²) in [6.45, 7) is 4.99. The number of ether oxygens (including phenoxy) is 2. The van der Waals surface area contributed by atoms with Crippen molar-refractivity contribution in [2.24, 2.45) is 0 Å². The minimum Gasteiger partial charge on any atom is -0.476 e. The normalized spacial score (nSPS) is 10.5. The van der Waals surface area contributed by atoms with Gasteiger partial charge in [0.1, 0.15) is 11.2 Å². The van der Waals surface area contributed by atoms with E-state index < -0.39 is 23.3 Å². The molecule has 0 fully saturated rings. The van der Waals surface area contributed by atoms with Crippen LogP contribution < -0.4 is 15.4 Å². The molecule has 1 aromatic heterocycles. The third-order valence-electron chi connectivity index (χ3n) is 2.63. The van der Waals surface area contributed by atoms with Crippen LogP contribution in [0.15, 0.2) is 18.3 Å². The van der Waals surface area contributed by atoms with E-state index in [0.717, 1.165) is 0 Å². The van der Waals surface area contributed by atoms with Crippen LogP contribution in [0.3, 0.4) is 0 Å². The number of anilines is 1. The van der Waals surface area contributed by atoms with Crippen LogP contribution >= 0.6 is 0 Å². The zero-order valence-electron chi connectivity index (χ0n) is 12.9. The highest BCUT2D eigenvalue weighted by Crippen LogP contribution is 2.20. The first-order chi connectivity index (χ1) is 10.3. The molecule has 1 rings (SSSR count). The number of aromatic nitrogens is 1. The fraction of sp³-hybridized carbons (Fsp3) is 0.429. The summed E-state index contributed by atoms with van der Waals surface area (Å²) in [6.07, 6.45) is 1.50. The van der Waals surface area contributed by atoms with Gasteiger partial charge in [-0.2, -0.15) is 0 Å². The Morgan fingerprint density at radius 2 is 1.95 bits per heavy atom. The van der Waals surface area contributed by atoms with Crippen LogP contribution in [0, 0.1) is 0 Å². The molecule has 1 aromatic rings. The third-order valence-corrected chi connectivity index (χ3v) is 2.63. The molecule has 1 heterocycles. The van der Waals surface area contributed by atoms with E-state index in [-0.39, 0.29) is 11.6 Å². The zero-order valence-corrected chi connectivity index (χ0v) is 12.9. The lowest BCUT2D eigenvalue weighted by Crippen LogP contribution is -2.53. The zero-order chi connectivity index (χ0) is 16.8. The van der Waals surface area contributed by atoms with Gasteiger partial charge in [0, 0.05) is 6.20 Å². The molecule has 8 nitrogen and oxygen atoms in total. The van der Waals surface area contributed by atoms with Crippen LogP contribution in [0.1, 0.15) is 20.8 Å². The first-order valence-corrected chi connectivity index (χ1v) is 6.61. The second kappa shape index (κ2) is 7.39. The fourth-order valence-electron chi connectivity index (χ4n) is 1.56. The molecule has 2 amide bonds. The number of amides is 2. The Kier molecular flexibility index (Phi) is 5.85. The van der Waals surface area contributed by atoms with Gasteiger partial charge in [-0.05, 0) is 32.9 Å². The lowest BCUT2D eigenvalue weighted by molar-refractivity contribution is -0.150. The maximum atomic E-state index is 11.9. The molecule has 0 aromatic carbocycles. The number of carbonyl (C=O) groups excluding carboxylic acids is 3. The minimum atomic E-state index is -1.32. The molecule has 8 heteroatoms. The molecule has 0 aliphatic heterocycles. The van der Waals surface area contributed by atoms with E-state index in [9.17, 15) is 14.4 Å². The number of hydrogen-bond acceptors (Lipinski definition) is 6. The number of nitrogens with one attached hydrogen (secondary N) is 2. The lowest BCUT2D eigenvalue weighted by Gasteiger charge is -2.22. The quantitative estimate of drug-likeness (QED) is 0.605. The molecular formula is C14H19N3O5. The number of rotatable bonds is 5. The summed E-state index contributed by atoms with van der Waals surface area (Å²) in [7, 11) is 1.19. The Morgan fingerprint density at radius 1 is 1.27 bits per heavy atom. The summed E-state index contributed by atoms with van der Waals surface area (Å²) < 4.78 is 9.79.